The first-order valence-corrected chi connectivity index (χ1v) is 12.6. The molecule has 0 N–H and O–H groups in total. The molecule has 3 aliphatic rings. The predicted molar refractivity (Wildman–Crippen MR) is 143 cm³/mol. The normalized spacial score (nSPS) is 20.1. The second-order valence-electron chi connectivity index (χ2n) is 7.72. The van der Waals surface area contributed by atoms with Gasteiger partial charge in [-0.05, 0) is 29.7 Å². The molecule has 2 atom stereocenters. The molecule has 2 aromatic carbocycles. The van der Waals surface area contributed by atoms with E-state index >= 15 is 0 Å². The van der Waals surface area contributed by atoms with Crippen LogP contribution in [0.2, 0.25) is 0 Å². The van der Waals surface area contributed by atoms with Crippen molar-refractivity contribution in [2.24, 2.45) is 5.10 Å². The molecule has 0 saturated carbocycles. The van der Waals surface area contributed by atoms with Gasteiger partial charge in [0.2, 0.25) is 0 Å². The van der Waals surface area contributed by atoms with Gasteiger partial charge in [-0.25, -0.2) is 9.99 Å². The number of aromatic nitrogens is 1. The number of anilines is 2. The van der Waals surface area contributed by atoms with Crippen molar-refractivity contribution in [2.75, 3.05) is 9.91 Å². The van der Waals surface area contributed by atoms with E-state index in [1.807, 2.05) is 65.9 Å². The van der Waals surface area contributed by atoms with E-state index in [0.717, 1.165) is 18.1 Å². The summed E-state index contributed by atoms with van der Waals surface area (Å²) in [4.78, 5) is 7.07. The van der Waals surface area contributed by atoms with Crippen LogP contribution in [0.1, 0.15) is 72.9 Å². The average molecular weight is 443 g/mol. The Morgan fingerprint density at radius 3 is 2.06 bits per heavy atom. The van der Waals surface area contributed by atoms with Crippen LogP contribution in [0.3, 0.4) is 0 Å². The second kappa shape index (κ2) is 10.2. The van der Waals surface area contributed by atoms with Gasteiger partial charge < -0.3 is 0 Å². The van der Waals surface area contributed by atoms with Crippen molar-refractivity contribution < 1.29 is 0 Å². The third kappa shape index (κ3) is 3.52. The largest absolute Gasteiger partial charge is 0.300 e. The van der Waals surface area contributed by atoms with E-state index in [1.54, 1.807) is 0 Å². The van der Waals surface area contributed by atoms with Crippen LogP contribution in [0.4, 0.5) is 11.5 Å². The molecule has 4 heterocycles. The van der Waals surface area contributed by atoms with Gasteiger partial charge >= 0.3 is 0 Å². The van der Waals surface area contributed by atoms with Crippen LogP contribution >= 0.6 is 0 Å². The zero-order valence-electron chi connectivity index (χ0n) is 21.4. The molecule has 0 aliphatic carbocycles. The topological polar surface area (TPSA) is 31.7 Å². The lowest BCUT2D eigenvalue weighted by Gasteiger charge is -2.36. The summed E-state index contributed by atoms with van der Waals surface area (Å²) in [6.45, 7) is 16.6. The molecule has 2 unspecified atom stereocenters. The molecule has 33 heavy (non-hydrogen) atoms. The Bertz CT molecular complexity index is 1110. The van der Waals surface area contributed by atoms with Crippen molar-refractivity contribution in [3.05, 3.63) is 78.0 Å². The lowest BCUT2D eigenvalue weighted by atomic mass is 9.78. The van der Waals surface area contributed by atoms with Gasteiger partial charge in [0, 0.05) is 22.7 Å². The van der Waals surface area contributed by atoms with Crippen LogP contribution in [-0.4, -0.2) is 17.0 Å². The maximum Gasteiger partial charge on any atom is 0.163 e. The zero-order chi connectivity index (χ0) is 24.2. The molecule has 0 radical (unpaired) electrons. The Balaban J connectivity index is 0.000000475. The van der Waals surface area contributed by atoms with Gasteiger partial charge in [-0.1, -0.05) is 104 Å². The predicted octanol–water partition coefficient (Wildman–Crippen LogP) is 7.84. The number of fused-ring (bicyclic) bond motifs is 3. The Hall–Kier alpha value is -3.14. The van der Waals surface area contributed by atoms with Gasteiger partial charge in [0.05, 0.1) is 5.69 Å². The number of benzene rings is 2. The minimum Gasteiger partial charge on any atom is -0.300 e. The fraction of sp³-hybridized carbons (Fsp3) is 0.379. The molecular weight excluding hydrogens is 404 g/mol. The van der Waals surface area contributed by atoms with E-state index in [2.05, 4.69) is 71.2 Å². The van der Waals surface area contributed by atoms with E-state index in [4.69, 9.17) is 5.10 Å². The third-order valence-electron chi connectivity index (χ3n) is 6.45. The number of hydrazone groups is 1. The maximum absolute atomic E-state index is 5.10. The molecule has 0 saturated heterocycles. The summed E-state index contributed by atoms with van der Waals surface area (Å²) in [5, 5.41) is 7.23. The maximum atomic E-state index is 5.10. The van der Waals surface area contributed by atoms with Crippen molar-refractivity contribution in [1.29, 1.82) is 0 Å². The number of para-hydroxylation sites is 1. The number of nitrogens with zero attached hydrogens (tertiary/aromatic N) is 4. The SMILES string of the molecule is CC.CC.CC.CCC1(C)c2cccc3c2N2C(=NN(c4ccccn4)C21)c1ccccc1-3. The molecule has 0 amide bonds. The summed E-state index contributed by atoms with van der Waals surface area (Å²) < 4.78 is 0. The van der Waals surface area contributed by atoms with E-state index < -0.39 is 0 Å². The van der Waals surface area contributed by atoms with Crippen LogP contribution in [0.5, 0.6) is 0 Å². The molecular formula is C29H38N4. The molecule has 3 aliphatic heterocycles. The minimum atomic E-state index is -0.0316. The van der Waals surface area contributed by atoms with Gasteiger partial charge in [0.25, 0.3) is 0 Å². The highest BCUT2D eigenvalue weighted by atomic mass is 15.6. The van der Waals surface area contributed by atoms with E-state index in [-0.39, 0.29) is 11.6 Å². The summed E-state index contributed by atoms with van der Waals surface area (Å²) in [6, 6.07) is 21.4. The highest BCUT2D eigenvalue weighted by Gasteiger charge is 2.57. The number of amidine groups is 1. The van der Waals surface area contributed by atoms with Crippen molar-refractivity contribution in [3.8, 4) is 11.1 Å². The fourth-order valence-corrected chi connectivity index (χ4v) is 4.97. The van der Waals surface area contributed by atoms with Crippen LogP contribution in [0, 0.1) is 0 Å². The molecule has 0 spiro atoms. The van der Waals surface area contributed by atoms with Crippen molar-refractivity contribution >= 4 is 17.3 Å². The van der Waals surface area contributed by atoms with Gasteiger partial charge in [0.15, 0.2) is 11.7 Å². The third-order valence-corrected chi connectivity index (χ3v) is 6.45. The number of pyridine rings is 1. The molecule has 6 rings (SSSR count). The first-order chi connectivity index (χ1) is 16.2. The van der Waals surface area contributed by atoms with Crippen LogP contribution < -0.4 is 9.91 Å². The van der Waals surface area contributed by atoms with Crippen molar-refractivity contribution in [2.45, 2.75) is 73.4 Å². The molecule has 1 aromatic heterocycles. The highest BCUT2D eigenvalue weighted by molar-refractivity contribution is 6.22. The minimum absolute atomic E-state index is 0.0316. The van der Waals surface area contributed by atoms with Gasteiger partial charge in [-0.2, -0.15) is 5.10 Å². The first-order valence-electron chi connectivity index (χ1n) is 12.6. The summed E-state index contributed by atoms with van der Waals surface area (Å²) >= 11 is 0. The summed E-state index contributed by atoms with van der Waals surface area (Å²) in [7, 11) is 0. The molecule has 0 fully saturated rings. The number of hydrogen-bond acceptors (Lipinski definition) is 4. The molecule has 4 nitrogen and oxygen atoms in total. The zero-order valence-corrected chi connectivity index (χ0v) is 21.4. The molecule has 4 heteroatoms. The monoisotopic (exact) mass is 442 g/mol. The first kappa shape index (κ1) is 24.5. The second-order valence-corrected chi connectivity index (χ2v) is 7.72. The number of hydrogen-bond donors (Lipinski definition) is 0. The highest BCUT2D eigenvalue weighted by Crippen LogP contribution is 2.57. The molecule has 0 bridgehead atoms. The fourth-order valence-electron chi connectivity index (χ4n) is 4.97. The Morgan fingerprint density at radius 2 is 1.42 bits per heavy atom. The Morgan fingerprint density at radius 1 is 0.788 bits per heavy atom. The molecule has 3 aromatic rings. The average Bonchev–Trinajstić information content (AvgIpc) is 3.44. The molecule has 174 valence electrons. The Labute approximate surface area is 200 Å². The van der Waals surface area contributed by atoms with E-state index in [1.165, 1.54) is 27.9 Å². The van der Waals surface area contributed by atoms with Crippen LogP contribution in [0.25, 0.3) is 11.1 Å². The lowest BCUT2D eigenvalue weighted by molar-refractivity contribution is 0.385. The van der Waals surface area contributed by atoms with E-state index in [9.17, 15) is 0 Å². The lowest BCUT2D eigenvalue weighted by Crippen LogP contribution is -2.50. The van der Waals surface area contributed by atoms with Crippen molar-refractivity contribution in [3.63, 3.8) is 0 Å². The summed E-state index contributed by atoms with van der Waals surface area (Å²) in [5.74, 6) is 1.94. The van der Waals surface area contributed by atoms with Gasteiger partial charge in [-0.3, -0.25) is 4.90 Å². The standard InChI is InChI=1S/C23H20N4.3C2H6/c1-3-23(2)18-12-8-11-16-15-9-4-5-10-17(15)21-25-27(19-13-6-7-14-24-19)22(23)26(21)20(16)18;3*1-2/h4-14,22H,3H2,1-2H3;3*1-2H3. The van der Waals surface area contributed by atoms with Gasteiger partial charge in [0.1, 0.15) is 6.17 Å². The van der Waals surface area contributed by atoms with E-state index in [0.29, 0.717) is 0 Å². The van der Waals surface area contributed by atoms with Crippen molar-refractivity contribution in [1.82, 2.24) is 4.98 Å². The summed E-state index contributed by atoms with van der Waals surface area (Å²) in [5.41, 5.74) is 6.48. The quantitative estimate of drug-likeness (QED) is 0.405. The smallest absolute Gasteiger partial charge is 0.163 e. The summed E-state index contributed by atoms with van der Waals surface area (Å²) in [6.07, 6.45) is 2.99. The van der Waals surface area contributed by atoms with Crippen LogP contribution in [0.15, 0.2) is 72.0 Å². The van der Waals surface area contributed by atoms with Gasteiger partial charge in [-0.15, -0.1) is 0 Å². The number of rotatable bonds is 2. The Kier molecular flexibility index (Phi) is 7.57. The van der Waals surface area contributed by atoms with Crippen LogP contribution in [-0.2, 0) is 5.41 Å².